The van der Waals surface area contributed by atoms with E-state index in [1.54, 1.807) is 0 Å². The van der Waals surface area contributed by atoms with Gasteiger partial charge in [0.15, 0.2) is 0 Å². The molecule has 0 radical (unpaired) electrons. The lowest BCUT2D eigenvalue weighted by atomic mass is 9.41. The first-order valence-corrected chi connectivity index (χ1v) is 7.84. The largest absolute Gasteiger partial charge is 0.0599 e. The van der Waals surface area contributed by atoms with Crippen LogP contribution in [0.25, 0.3) is 0 Å². The minimum atomic E-state index is 0.379. The maximum Gasteiger partial charge on any atom is -0.0167 e. The van der Waals surface area contributed by atoms with Gasteiger partial charge in [-0.2, -0.15) is 0 Å². The van der Waals surface area contributed by atoms with Crippen LogP contribution in [-0.4, -0.2) is 0 Å². The zero-order valence-corrected chi connectivity index (χ0v) is 14.4. The molecule has 0 spiro atoms. The highest BCUT2D eigenvalue weighted by Gasteiger charge is 2.58. The summed E-state index contributed by atoms with van der Waals surface area (Å²) in [5.74, 6) is 0.832. The topological polar surface area (TPSA) is 0 Å². The Morgan fingerprint density at radius 2 is 1.17 bits per heavy atom. The van der Waals surface area contributed by atoms with E-state index in [4.69, 9.17) is 0 Å². The summed E-state index contributed by atoms with van der Waals surface area (Å²) in [5.41, 5.74) is 1.63. The molecule has 0 bridgehead atoms. The van der Waals surface area contributed by atoms with Crippen LogP contribution in [0.1, 0.15) is 88.0 Å². The van der Waals surface area contributed by atoms with Crippen LogP contribution in [0.4, 0.5) is 0 Å². The summed E-state index contributed by atoms with van der Waals surface area (Å²) in [5, 5.41) is 0. The van der Waals surface area contributed by atoms with Crippen LogP contribution < -0.4 is 0 Å². The molecule has 0 aromatic carbocycles. The van der Waals surface area contributed by atoms with Gasteiger partial charge in [-0.3, -0.25) is 0 Å². The van der Waals surface area contributed by atoms with Gasteiger partial charge < -0.3 is 0 Å². The predicted octanol–water partition coefficient (Wildman–Crippen LogP) is 6.30. The van der Waals surface area contributed by atoms with Gasteiger partial charge in [0.2, 0.25) is 0 Å². The molecule has 1 unspecified atom stereocenters. The SMILES string of the molecule is CC(C)(C)C1CCCCC1(C(C)(C)C)C(C)(C)C. The van der Waals surface area contributed by atoms with E-state index in [1.165, 1.54) is 25.7 Å². The van der Waals surface area contributed by atoms with Crippen molar-refractivity contribution in [2.24, 2.45) is 27.6 Å². The lowest BCUT2D eigenvalue weighted by molar-refractivity contribution is -0.146. The number of hydrogen-bond donors (Lipinski definition) is 0. The Morgan fingerprint density at radius 1 is 0.722 bits per heavy atom. The molecule has 0 heterocycles. The summed E-state index contributed by atoms with van der Waals surface area (Å²) in [4.78, 5) is 0. The molecule has 108 valence electrons. The van der Waals surface area contributed by atoms with Crippen molar-refractivity contribution in [3.63, 3.8) is 0 Å². The lowest BCUT2D eigenvalue weighted by Gasteiger charge is -2.63. The van der Waals surface area contributed by atoms with Gasteiger partial charge in [0.05, 0.1) is 0 Å². The Labute approximate surface area is 116 Å². The monoisotopic (exact) mass is 252 g/mol. The Hall–Kier alpha value is 0. The van der Waals surface area contributed by atoms with Crippen molar-refractivity contribution in [2.45, 2.75) is 88.0 Å². The third-order valence-electron chi connectivity index (χ3n) is 5.63. The molecule has 0 aromatic heterocycles. The molecule has 0 amide bonds. The molecular formula is C18H36. The lowest BCUT2D eigenvalue weighted by Crippen LogP contribution is -2.56. The van der Waals surface area contributed by atoms with Crippen molar-refractivity contribution < 1.29 is 0 Å². The molecule has 1 aliphatic rings. The average Bonchev–Trinajstić information content (AvgIpc) is 2.12. The first-order chi connectivity index (χ1) is 7.84. The van der Waals surface area contributed by atoms with E-state index < -0.39 is 0 Å². The Bertz CT molecular complexity index is 263. The van der Waals surface area contributed by atoms with Crippen molar-refractivity contribution in [3.05, 3.63) is 0 Å². The summed E-state index contributed by atoms with van der Waals surface area (Å²) in [7, 11) is 0. The smallest absolute Gasteiger partial charge is 0.0167 e. The molecule has 0 heteroatoms. The molecule has 0 aliphatic heterocycles. The highest BCUT2D eigenvalue weighted by Crippen LogP contribution is 2.65. The van der Waals surface area contributed by atoms with E-state index in [0.29, 0.717) is 21.7 Å². The van der Waals surface area contributed by atoms with Crippen LogP contribution in [0.5, 0.6) is 0 Å². The molecule has 18 heavy (non-hydrogen) atoms. The zero-order chi connectivity index (χ0) is 14.4. The summed E-state index contributed by atoms with van der Waals surface area (Å²) in [6, 6.07) is 0. The van der Waals surface area contributed by atoms with Gasteiger partial charge in [0.1, 0.15) is 0 Å². The third-order valence-corrected chi connectivity index (χ3v) is 5.63. The van der Waals surface area contributed by atoms with Crippen molar-refractivity contribution in [1.82, 2.24) is 0 Å². The Morgan fingerprint density at radius 3 is 1.44 bits per heavy atom. The standard InChI is InChI=1S/C18H36/c1-15(2,3)14-12-10-11-13-18(14,16(4,5)6)17(7,8)9/h14H,10-13H2,1-9H3. The van der Waals surface area contributed by atoms with E-state index in [-0.39, 0.29) is 0 Å². The molecular weight excluding hydrogens is 216 g/mol. The second-order valence-corrected chi connectivity index (χ2v) is 9.64. The van der Waals surface area contributed by atoms with Crippen LogP contribution in [0.2, 0.25) is 0 Å². The second-order valence-electron chi connectivity index (χ2n) is 9.64. The van der Waals surface area contributed by atoms with E-state index in [2.05, 4.69) is 62.3 Å². The molecule has 1 atom stereocenters. The molecule has 0 nitrogen and oxygen atoms in total. The minimum Gasteiger partial charge on any atom is -0.0599 e. The molecule has 0 N–H and O–H groups in total. The number of rotatable bonds is 0. The van der Waals surface area contributed by atoms with Crippen molar-refractivity contribution >= 4 is 0 Å². The quantitative estimate of drug-likeness (QED) is 0.474. The molecule has 1 fully saturated rings. The maximum absolute atomic E-state index is 2.47. The van der Waals surface area contributed by atoms with Gasteiger partial charge in [-0.25, -0.2) is 0 Å². The van der Waals surface area contributed by atoms with E-state index >= 15 is 0 Å². The summed E-state index contributed by atoms with van der Waals surface area (Å²) < 4.78 is 0. The van der Waals surface area contributed by atoms with E-state index in [0.717, 1.165) is 5.92 Å². The van der Waals surface area contributed by atoms with Gasteiger partial charge in [-0.1, -0.05) is 75.2 Å². The van der Waals surface area contributed by atoms with Crippen molar-refractivity contribution in [1.29, 1.82) is 0 Å². The first kappa shape index (κ1) is 16.1. The minimum absolute atomic E-state index is 0.379. The van der Waals surface area contributed by atoms with Gasteiger partial charge in [0.25, 0.3) is 0 Å². The fourth-order valence-corrected chi connectivity index (χ4v) is 5.27. The third kappa shape index (κ3) is 2.49. The van der Waals surface area contributed by atoms with Crippen LogP contribution in [0.3, 0.4) is 0 Å². The maximum atomic E-state index is 2.47. The molecule has 0 aromatic rings. The van der Waals surface area contributed by atoms with E-state index in [9.17, 15) is 0 Å². The Kier molecular flexibility index (Phi) is 4.04. The highest BCUT2D eigenvalue weighted by atomic mass is 14.6. The van der Waals surface area contributed by atoms with Crippen molar-refractivity contribution in [2.75, 3.05) is 0 Å². The van der Waals surface area contributed by atoms with Gasteiger partial charge in [0, 0.05) is 0 Å². The average molecular weight is 252 g/mol. The van der Waals surface area contributed by atoms with Gasteiger partial charge >= 0.3 is 0 Å². The summed E-state index contributed by atoms with van der Waals surface area (Å²) in [6.45, 7) is 22.2. The Balaban J connectivity index is 3.38. The molecule has 1 saturated carbocycles. The molecule has 0 saturated heterocycles. The predicted molar refractivity (Wildman–Crippen MR) is 82.8 cm³/mol. The fraction of sp³-hybridized carbons (Fsp3) is 1.00. The van der Waals surface area contributed by atoms with Gasteiger partial charge in [-0.05, 0) is 40.4 Å². The summed E-state index contributed by atoms with van der Waals surface area (Å²) >= 11 is 0. The van der Waals surface area contributed by atoms with Crippen LogP contribution in [0, 0.1) is 27.6 Å². The molecule has 1 rings (SSSR count). The van der Waals surface area contributed by atoms with Crippen molar-refractivity contribution in [3.8, 4) is 0 Å². The highest BCUT2D eigenvalue weighted by molar-refractivity contribution is 5.06. The first-order valence-electron chi connectivity index (χ1n) is 7.84. The molecule has 1 aliphatic carbocycles. The van der Waals surface area contributed by atoms with E-state index in [1.807, 2.05) is 0 Å². The zero-order valence-electron chi connectivity index (χ0n) is 14.4. The normalized spacial score (nSPS) is 26.2. The fourth-order valence-electron chi connectivity index (χ4n) is 5.27. The summed E-state index contributed by atoms with van der Waals surface area (Å²) in [6.07, 6.45) is 5.66. The van der Waals surface area contributed by atoms with Gasteiger partial charge in [-0.15, -0.1) is 0 Å². The second kappa shape index (κ2) is 4.53. The number of hydrogen-bond acceptors (Lipinski definition) is 0. The van der Waals surface area contributed by atoms with Crippen LogP contribution in [-0.2, 0) is 0 Å². The van der Waals surface area contributed by atoms with Crippen LogP contribution >= 0.6 is 0 Å². The van der Waals surface area contributed by atoms with Crippen LogP contribution in [0.15, 0.2) is 0 Å².